The molecule has 0 spiro atoms. The van der Waals surface area contributed by atoms with Crippen LogP contribution in [0.25, 0.3) is 22.4 Å². The summed E-state index contributed by atoms with van der Waals surface area (Å²) >= 11 is 12.1. The average molecular weight is 319 g/mol. The van der Waals surface area contributed by atoms with Crippen molar-refractivity contribution in [3.05, 3.63) is 58.1 Å². The maximum atomic E-state index is 6.06. The number of rotatable bonds is 2. The number of halogens is 2. The van der Waals surface area contributed by atoms with Gasteiger partial charge in [0.05, 0.1) is 5.56 Å². The van der Waals surface area contributed by atoms with E-state index in [0.717, 1.165) is 22.3 Å². The Morgan fingerprint density at radius 3 is 2.38 bits per heavy atom. The first-order chi connectivity index (χ1) is 10.0. The molecule has 0 amide bonds. The van der Waals surface area contributed by atoms with E-state index in [2.05, 4.69) is 5.16 Å². The topological polar surface area (TPSA) is 52.0 Å². The van der Waals surface area contributed by atoms with E-state index in [1.165, 1.54) is 0 Å². The highest BCUT2D eigenvalue weighted by molar-refractivity contribution is 6.35. The van der Waals surface area contributed by atoms with Gasteiger partial charge in [-0.3, -0.25) is 0 Å². The van der Waals surface area contributed by atoms with Crippen molar-refractivity contribution in [3.8, 4) is 22.4 Å². The molecule has 0 fully saturated rings. The molecule has 0 radical (unpaired) electrons. The van der Waals surface area contributed by atoms with Crippen molar-refractivity contribution in [2.24, 2.45) is 0 Å². The lowest BCUT2D eigenvalue weighted by Crippen LogP contribution is -1.88. The Bertz CT molecular complexity index is 792. The Kier molecular flexibility index (Phi) is 3.62. The van der Waals surface area contributed by atoms with Crippen LogP contribution in [0.1, 0.15) is 5.56 Å². The second-order valence-electron chi connectivity index (χ2n) is 4.80. The molecule has 0 atom stereocenters. The number of hydrogen-bond donors (Lipinski definition) is 1. The monoisotopic (exact) mass is 318 g/mol. The highest BCUT2D eigenvalue weighted by Crippen LogP contribution is 2.38. The largest absolute Gasteiger partial charge is 0.367 e. The Morgan fingerprint density at radius 2 is 1.71 bits per heavy atom. The number of aromatic nitrogens is 1. The lowest BCUT2D eigenvalue weighted by Gasteiger charge is -2.05. The predicted octanol–water partition coefficient (Wildman–Crippen LogP) is 5.21. The molecule has 0 aliphatic rings. The van der Waals surface area contributed by atoms with Gasteiger partial charge in [0.1, 0.15) is 5.69 Å². The van der Waals surface area contributed by atoms with Crippen LogP contribution in [0, 0.1) is 6.92 Å². The Hall–Kier alpha value is -1.97. The molecule has 0 unspecified atom stereocenters. The summed E-state index contributed by atoms with van der Waals surface area (Å²) in [5, 5.41) is 5.13. The van der Waals surface area contributed by atoms with Gasteiger partial charge in [0.25, 0.3) is 0 Å². The summed E-state index contributed by atoms with van der Waals surface area (Å²) in [6, 6.07) is 13.2. The summed E-state index contributed by atoms with van der Waals surface area (Å²) in [5.74, 6) is 0.270. The van der Waals surface area contributed by atoms with Gasteiger partial charge in [-0.05, 0) is 30.7 Å². The number of hydrogen-bond acceptors (Lipinski definition) is 3. The molecule has 0 aliphatic carbocycles. The summed E-state index contributed by atoms with van der Waals surface area (Å²) in [4.78, 5) is 0. The molecule has 1 aromatic heterocycles. The molecule has 3 rings (SSSR count). The third kappa shape index (κ3) is 2.75. The molecular weight excluding hydrogens is 307 g/mol. The van der Waals surface area contributed by atoms with Gasteiger partial charge in [-0.25, -0.2) is 0 Å². The van der Waals surface area contributed by atoms with Crippen LogP contribution in [0.2, 0.25) is 10.0 Å². The fourth-order valence-corrected chi connectivity index (χ4v) is 2.80. The molecule has 3 aromatic rings. The van der Waals surface area contributed by atoms with Gasteiger partial charge >= 0.3 is 0 Å². The second-order valence-corrected chi connectivity index (χ2v) is 5.67. The minimum atomic E-state index is 0.270. The van der Waals surface area contributed by atoms with Crippen LogP contribution < -0.4 is 5.73 Å². The van der Waals surface area contributed by atoms with E-state index in [0.29, 0.717) is 15.7 Å². The van der Waals surface area contributed by atoms with Crippen LogP contribution in [-0.2, 0) is 0 Å². The predicted molar refractivity (Wildman–Crippen MR) is 86.5 cm³/mol. The smallest absolute Gasteiger partial charge is 0.230 e. The van der Waals surface area contributed by atoms with Crippen molar-refractivity contribution < 1.29 is 4.52 Å². The zero-order valence-corrected chi connectivity index (χ0v) is 12.7. The highest BCUT2D eigenvalue weighted by atomic mass is 35.5. The van der Waals surface area contributed by atoms with Crippen molar-refractivity contribution in [3.63, 3.8) is 0 Å². The summed E-state index contributed by atoms with van der Waals surface area (Å²) in [6.07, 6.45) is 0. The van der Waals surface area contributed by atoms with Crippen molar-refractivity contribution in [1.29, 1.82) is 0 Å². The molecule has 2 N–H and O–H groups in total. The zero-order valence-electron chi connectivity index (χ0n) is 11.2. The zero-order chi connectivity index (χ0) is 15.0. The number of anilines is 1. The van der Waals surface area contributed by atoms with E-state index in [1.54, 1.807) is 18.2 Å². The molecule has 2 aromatic carbocycles. The van der Waals surface area contributed by atoms with Crippen LogP contribution in [-0.4, -0.2) is 5.16 Å². The Morgan fingerprint density at radius 1 is 1.00 bits per heavy atom. The minimum Gasteiger partial charge on any atom is -0.367 e. The van der Waals surface area contributed by atoms with Crippen molar-refractivity contribution in [1.82, 2.24) is 5.16 Å². The van der Waals surface area contributed by atoms with E-state index in [-0.39, 0.29) is 5.88 Å². The first-order valence-electron chi connectivity index (χ1n) is 6.33. The summed E-state index contributed by atoms with van der Waals surface area (Å²) < 4.78 is 5.17. The van der Waals surface area contributed by atoms with Crippen molar-refractivity contribution in [2.75, 3.05) is 5.73 Å². The third-order valence-electron chi connectivity index (χ3n) is 3.16. The first kappa shape index (κ1) is 14.0. The van der Waals surface area contributed by atoms with Crippen molar-refractivity contribution >= 4 is 29.1 Å². The summed E-state index contributed by atoms with van der Waals surface area (Å²) in [5.41, 5.74) is 10.2. The van der Waals surface area contributed by atoms with Gasteiger partial charge in [0.15, 0.2) is 0 Å². The summed E-state index contributed by atoms with van der Waals surface area (Å²) in [6.45, 7) is 2.02. The molecule has 0 bridgehead atoms. The maximum Gasteiger partial charge on any atom is 0.230 e. The maximum absolute atomic E-state index is 6.06. The Balaban J connectivity index is 2.21. The first-order valence-corrected chi connectivity index (χ1v) is 7.09. The summed E-state index contributed by atoms with van der Waals surface area (Å²) in [7, 11) is 0. The van der Waals surface area contributed by atoms with E-state index < -0.39 is 0 Å². The number of benzene rings is 2. The minimum absolute atomic E-state index is 0.270. The van der Waals surface area contributed by atoms with Gasteiger partial charge < -0.3 is 10.3 Å². The van der Waals surface area contributed by atoms with Crippen LogP contribution in [0.5, 0.6) is 0 Å². The van der Waals surface area contributed by atoms with Gasteiger partial charge in [-0.1, -0.05) is 58.2 Å². The number of nitrogens with zero attached hydrogens (tertiary/aromatic N) is 1. The lowest BCUT2D eigenvalue weighted by atomic mass is 9.99. The van der Waals surface area contributed by atoms with Crippen molar-refractivity contribution in [2.45, 2.75) is 6.92 Å². The van der Waals surface area contributed by atoms with Gasteiger partial charge in [-0.2, -0.15) is 0 Å². The molecule has 5 heteroatoms. The number of nitrogen functional groups attached to an aromatic ring is 1. The lowest BCUT2D eigenvalue weighted by molar-refractivity contribution is 0.439. The van der Waals surface area contributed by atoms with E-state index >= 15 is 0 Å². The van der Waals surface area contributed by atoms with Crippen LogP contribution >= 0.6 is 23.2 Å². The molecule has 106 valence electrons. The normalized spacial score (nSPS) is 10.8. The Labute approximate surface area is 132 Å². The molecule has 0 saturated carbocycles. The molecular formula is C16H12Cl2N2O. The van der Waals surface area contributed by atoms with Crippen LogP contribution in [0.3, 0.4) is 0 Å². The quantitative estimate of drug-likeness (QED) is 0.706. The second kappa shape index (κ2) is 5.43. The standard InChI is InChI=1S/C16H12Cl2N2O/c1-9-3-2-4-10(5-9)14-15(20-21-16(14)19)11-6-12(17)8-13(18)7-11/h2-8H,19H2,1H3. The molecule has 1 heterocycles. The van der Waals surface area contributed by atoms with Crippen LogP contribution in [0.15, 0.2) is 47.0 Å². The highest BCUT2D eigenvalue weighted by Gasteiger charge is 2.18. The SMILES string of the molecule is Cc1cccc(-c2c(-c3cc(Cl)cc(Cl)c3)noc2N)c1. The number of aryl methyl sites for hydroxylation is 1. The average Bonchev–Trinajstić information content (AvgIpc) is 2.79. The molecule has 21 heavy (non-hydrogen) atoms. The van der Waals surface area contributed by atoms with E-state index in [4.69, 9.17) is 33.5 Å². The third-order valence-corrected chi connectivity index (χ3v) is 3.60. The van der Waals surface area contributed by atoms with E-state index in [9.17, 15) is 0 Å². The fraction of sp³-hybridized carbons (Fsp3) is 0.0625. The fourth-order valence-electron chi connectivity index (χ4n) is 2.27. The number of nitrogens with two attached hydrogens (primary N) is 1. The molecule has 0 saturated heterocycles. The van der Waals surface area contributed by atoms with Gasteiger partial charge in [0.2, 0.25) is 5.88 Å². The van der Waals surface area contributed by atoms with Crippen LogP contribution in [0.4, 0.5) is 5.88 Å². The van der Waals surface area contributed by atoms with E-state index in [1.807, 2.05) is 31.2 Å². The van der Waals surface area contributed by atoms with Gasteiger partial charge in [-0.15, -0.1) is 0 Å². The van der Waals surface area contributed by atoms with Gasteiger partial charge in [0, 0.05) is 15.6 Å². The molecule has 3 nitrogen and oxygen atoms in total. The molecule has 0 aliphatic heterocycles.